The fourth-order valence-corrected chi connectivity index (χ4v) is 2.22. The number of hydrogen-bond donors (Lipinski definition) is 1. The van der Waals surface area contributed by atoms with Crippen molar-refractivity contribution < 1.29 is 5.11 Å². The zero-order valence-corrected chi connectivity index (χ0v) is 8.52. The molecule has 1 aliphatic rings. The monoisotopic (exact) mass is 194 g/mol. The lowest BCUT2D eigenvalue weighted by molar-refractivity contribution is 0.280. The Balaban J connectivity index is 1.89. The highest BCUT2D eigenvalue weighted by Gasteiger charge is 2.14. The third-order valence-electron chi connectivity index (χ3n) is 3.04. The number of hydrogen-bond acceptors (Lipinski definition) is 2. The Morgan fingerprint density at radius 3 is 2.79 bits per heavy atom. The van der Waals surface area contributed by atoms with Gasteiger partial charge in [-0.1, -0.05) is 19.3 Å². The first-order valence-corrected chi connectivity index (χ1v) is 5.50. The smallest absolute Gasteiger partial charge is 0.0712 e. The van der Waals surface area contributed by atoms with Gasteiger partial charge in [0.05, 0.1) is 12.8 Å². The van der Waals surface area contributed by atoms with Crippen LogP contribution in [0.3, 0.4) is 0 Å². The molecule has 1 aromatic rings. The standard InChI is InChI=1S/C11H18N2O/c14-9-11-6-12-13(8-11)7-10-4-2-1-3-5-10/h6,8,10,14H,1-5,7,9H2. The van der Waals surface area contributed by atoms with Crippen molar-refractivity contribution in [2.24, 2.45) is 5.92 Å². The highest BCUT2D eigenvalue weighted by molar-refractivity contribution is 5.01. The van der Waals surface area contributed by atoms with Gasteiger partial charge in [-0.05, 0) is 18.8 Å². The van der Waals surface area contributed by atoms with Gasteiger partial charge in [-0.25, -0.2) is 0 Å². The van der Waals surface area contributed by atoms with Gasteiger partial charge in [-0.15, -0.1) is 0 Å². The molecule has 78 valence electrons. The van der Waals surface area contributed by atoms with E-state index in [-0.39, 0.29) is 6.61 Å². The largest absolute Gasteiger partial charge is 0.392 e. The third kappa shape index (κ3) is 2.35. The van der Waals surface area contributed by atoms with E-state index in [0.29, 0.717) is 0 Å². The summed E-state index contributed by atoms with van der Waals surface area (Å²) in [5.74, 6) is 0.801. The van der Waals surface area contributed by atoms with E-state index >= 15 is 0 Å². The fourth-order valence-electron chi connectivity index (χ4n) is 2.22. The fraction of sp³-hybridized carbons (Fsp3) is 0.727. The molecule has 0 saturated heterocycles. The second kappa shape index (κ2) is 4.60. The lowest BCUT2D eigenvalue weighted by atomic mass is 9.89. The van der Waals surface area contributed by atoms with Crippen molar-refractivity contribution in [3.63, 3.8) is 0 Å². The van der Waals surface area contributed by atoms with Crippen LogP contribution in [0.1, 0.15) is 37.7 Å². The van der Waals surface area contributed by atoms with Crippen molar-refractivity contribution in [3.8, 4) is 0 Å². The van der Waals surface area contributed by atoms with Crippen molar-refractivity contribution in [1.82, 2.24) is 9.78 Å². The Kier molecular flexibility index (Phi) is 3.19. The molecule has 0 bridgehead atoms. The summed E-state index contributed by atoms with van der Waals surface area (Å²) in [6.07, 6.45) is 10.5. The summed E-state index contributed by atoms with van der Waals surface area (Å²) in [5, 5.41) is 13.1. The average molecular weight is 194 g/mol. The highest BCUT2D eigenvalue weighted by Crippen LogP contribution is 2.24. The van der Waals surface area contributed by atoms with Crippen LogP contribution in [0.15, 0.2) is 12.4 Å². The number of nitrogens with zero attached hydrogens (tertiary/aromatic N) is 2. The maximum Gasteiger partial charge on any atom is 0.0712 e. The van der Waals surface area contributed by atoms with Crippen LogP contribution in [0.2, 0.25) is 0 Å². The maximum absolute atomic E-state index is 8.90. The second-order valence-corrected chi connectivity index (χ2v) is 4.23. The van der Waals surface area contributed by atoms with Gasteiger partial charge in [0.25, 0.3) is 0 Å². The average Bonchev–Trinajstić information content (AvgIpc) is 2.67. The molecule has 1 N–H and O–H groups in total. The molecular weight excluding hydrogens is 176 g/mol. The van der Waals surface area contributed by atoms with Gasteiger partial charge in [0.1, 0.15) is 0 Å². The Morgan fingerprint density at radius 1 is 1.36 bits per heavy atom. The van der Waals surface area contributed by atoms with Crippen molar-refractivity contribution in [3.05, 3.63) is 18.0 Å². The van der Waals surface area contributed by atoms with E-state index in [1.165, 1.54) is 32.1 Å². The summed E-state index contributed by atoms with van der Waals surface area (Å²) >= 11 is 0. The molecule has 2 rings (SSSR count). The van der Waals surface area contributed by atoms with Crippen molar-refractivity contribution in [1.29, 1.82) is 0 Å². The molecule has 0 unspecified atom stereocenters. The van der Waals surface area contributed by atoms with Crippen LogP contribution in [0.25, 0.3) is 0 Å². The van der Waals surface area contributed by atoms with Crippen LogP contribution in [0.4, 0.5) is 0 Å². The van der Waals surface area contributed by atoms with Crippen LogP contribution in [0, 0.1) is 5.92 Å². The topological polar surface area (TPSA) is 38.1 Å². The van der Waals surface area contributed by atoms with E-state index < -0.39 is 0 Å². The van der Waals surface area contributed by atoms with Crippen molar-refractivity contribution >= 4 is 0 Å². The first-order chi connectivity index (χ1) is 6.88. The Bertz CT molecular complexity index is 277. The van der Waals surface area contributed by atoms with Gasteiger partial charge >= 0.3 is 0 Å². The number of aromatic nitrogens is 2. The molecule has 1 fully saturated rings. The number of aliphatic hydroxyl groups excluding tert-OH is 1. The maximum atomic E-state index is 8.90. The Hall–Kier alpha value is -0.830. The lowest BCUT2D eigenvalue weighted by Crippen LogP contribution is -2.14. The molecule has 1 aliphatic carbocycles. The number of rotatable bonds is 3. The number of aliphatic hydroxyl groups is 1. The molecule has 0 atom stereocenters. The Morgan fingerprint density at radius 2 is 2.14 bits per heavy atom. The summed E-state index contributed by atoms with van der Waals surface area (Å²) in [4.78, 5) is 0. The van der Waals surface area contributed by atoms with Gasteiger partial charge in [0, 0.05) is 18.3 Å². The van der Waals surface area contributed by atoms with E-state index in [0.717, 1.165) is 18.0 Å². The van der Waals surface area contributed by atoms with Gasteiger partial charge in [-0.2, -0.15) is 5.10 Å². The molecule has 0 aromatic carbocycles. The molecule has 3 nitrogen and oxygen atoms in total. The molecule has 1 saturated carbocycles. The first-order valence-electron chi connectivity index (χ1n) is 5.50. The van der Waals surface area contributed by atoms with Crippen LogP contribution < -0.4 is 0 Å². The van der Waals surface area contributed by atoms with E-state index in [1.54, 1.807) is 6.20 Å². The summed E-state index contributed by atoms with van der Waals surface area (Å²) in [6.45, 7) is 1.13. The normalized spacial score (nSPS) is 18.6. The molecule has 0 spiro atoms. The summed E-state index contributed by atoms with van der Waals surface area (Å²) in [7, 11) is 0. The minimum atomic E-state index is 0.102. The third-order valence-corrected chi connectivity index (χ3v) is 3.04. The van der Waals surface area contributed by atoms with Crippen LogP contribution in [-0.2, 0) is 13.2 Å². The van der Waals surface area contributed by atoms with Gasteiger partial charge in [0.15, 0.2) is 0 Å². The van der Waals surface area contributed by atoms with E-state index in [9.17, 15) is 0 Å². The van der Waals surface area contributed by atoms with Crippen molar-refractivity contribution in [2.45, 2.75) is 45.3 Å². The minimum absolute atomic E-state index is 0.102. The molecule has 3 heteroatoms. The summed E-state index contributed by atoms with van der Waals surface area (Å²) in [6, 6.07) is 0. The second-order valence-electron chi connectivity index (χ2n) is 4.23. The lowest BCUT2D eigenvalue weighted by Gasteiger charge is -2.21. The quantitative estimate of drug-likeness (QED) is 0.798. The van der Waals surface area contributed by atoms with Gasteiger partial charge in [-0.3, -0.25) is 4.68 Å². The predicted octanol–water partition coefficient (Wildman–Crippen LogP) is 1.96. The van der Waals surface area contributed by atoms with Gasteiger partial charge < -0.3 is 5.11 Å². The van der Waals surface area contributed by atoms with Crippen LogP contribution >= 0.6 is 0 Å². The summed E-state index contributed by atoms with van der Waals surface area (Å²) in [5.41, 5.74) is 0.917. The SMILES string of the molecule is OCc1cnn(CC2CCCCC2)c1. The van der Waals surface area contributed by atoms with Crippen LogP contribution in [-0.4, -0.2) is 14.9 Å². The van der Waals surface area contributed by atoms with E-state index in [1.807, 2.05) is 10.9 Å². The van der Waals surface area contributed by atoms with Crippen LogP contribution in [0.5, 0.6) is 0 Å². The Labute approximate surface area is 84.7 Å². The minimum Gasteiger partial charge on any atom is -0.392 e. The highest BCUT2D eigenvalue weighted by atomic mass is 16.3. The predicted molar refractivity (Wildman–Crippen MR) is 54.7 cm³/mol. The van der Waals surface area contributed by atoms with E-state index in [4.69, 9.17) is 5.11 Å². The van der Waals surface area contributed by atoms with Gasteiger partial charge in [0.2, 0.25) is 0 Å². The molecule has 1 aromatic heterocycles. The molecule has 0 radical (unpaired) electrons. The zero-order chi connectivity index (χ0) is 9.80. The molecule has 0 amide bonds. The zero-order valence-electron chi connectivity index (χ0n) is 8.52. The van der Waals surface area contributed by atoms with E-state index in [2.05, 4.69) is 5.10 Å². The molecule has 0 aliphatic heterocycles. The van der Waals surface area contributed by atoms with Crippen molar-refractivity contribution in [2.75, 3.05) is 0 Å². The molecule has 14 heavy (non-hydrogen) atoms. The first kappa shape index (κ1) is 9.71. The summed E-state index contributed by atoms with van der Waals surface area (Å²) < 4.78 is 1.97. The molecule has 1 heterocycles. The molecular formula is C11H18N2O.